The first-order valence-corrected chi connectivity index (χ1v) is 9.29. The van der Waals surface area contributed by atoms with Crippen molar-refractivity contribution in [2.45, 2.75) is 24.3 Å². The average molecular weight is 351 g/mol. The van der Waals surface area contributed by atoms with Crippen LogP contribution >= 0.6 is 0 Å². The number of sulfonamides is 1. The van der Waals surface area contributed by atoms with Crippen LogP contribution in [0, 0.1) is 0 Å². The van der Waals surface area contributed by atoms with Crippen molar-refractivity contribution in [3.8, 4) is 0 Å². The average Bonchev–Trinajstić information content (AvgIpc) is 2.99. The number of piperazine rings is 1. The topological polar surface area (TPSA) is 112 Å². The van der Waals surface area contributed by atoms with E-state index < -0.39 is 10.0 Å². The maximum atomic E-state index is 12.9. The van der Waals surface area contributed by atoms with Gasteiger partial charge in [-0.3, -0.25) is 4.79 Å². The zero-order valence-corrected chi connectivity index (χ0v) is 14.3. The molecule has 1 amide bonds. The van der Waals surface area contributed by atoms with Crippen molar-refractivity contribution in [3.63, 3.8) is 0 Å². The molecule has 0 saturated carbocycles. The number of rotatable bonds is 4. The lowest BCUT2D eigenvalue weighted by Gasteiger charge is -2.34. The van der Waals surface area contributed by atoms with Crippen LogP contribution in [-0.2, 0) is 14.8 Å². The first-order chi connectivity index (χ1) is 11.4. The number of aromatic amines is 1. The van der Waals surface area contributed by atoms with Crippen LogP contribution in [0.15, 0.2) is 29.4 Å². The summed E-state index contributed by atoms with van der Waals surface area (Å²) in [6, 6.07) is 3.24. The third-order valence-corrected chi connectivity index (χ3v) is 6.06. The van der Waals surface area contributed by atoms with Crippen LogP contribution in [0.5, 0.6) is 0 Å². The number of pyridine rings is 1. The summed E-state index contributed by atoms with van der Waals surface area (Å²) in [6.07, 6.45) is 3.36. The largest absolute Gasteiger partial charge is 0.345 e. The van der Waals surface area contributed by atoms with E-state index >= 15 is 0 Å². The van der Waals surface area contributed by atoms with Gasteiger partial charge in [0.1, 0.15) is 10.5 Å². The fraction of sp³-hybridized carbons (Fsp3) is 0.467. The molecule has 0 aromatic carbocycles. The second kappa shape index (κ2) is 6.50. The van der Waals surface area contributed by atoms with Gasteiger partial charge in [-0.05, 0) is 19.1 Å². The molecule has 0 spiro atoms. The van der Waals surface area contributed by atoms with Crippen LogP contribution < -0.4 is 5.73 Å². The maximum absolute atomic E-state index is 12.9. The number of carbonyl (C=O) groups excluding carboxylic acids is 1. The molecule has 24 heavy (non-hydrogen) atoms. The third-order valence-electron chi connectivity index (χ3n) is 4.12. The number of carbonyl (C=O) groups is 1. The van der Waals surface area contributed by atoms with E-state index in [1.807, 2.05) is 0 Å². The number of H-pyrrole nitrogens is 1. The van der Waals surface area contributed by atoms with Crippen LogP contribution in [0.25, 0.3) is 11.0 Å². The van der Waals surface area contributed by atoms with Crippen LogP contribution in [0.2, 0.25) is 0 Å². The molecule has 3 N–H and O–H groups in total. The van der Waals surface area contributed by atoms with Crippen LogP contribution in [0.1, 0.15) is 13.3 Å². The van der Waals surface area contributed by atoms with Gasteiger partial charge in [-0.1, -0.05) is 0 Å². The molecule has 2 aromatic rings. The molecule has 0 aliphatic carbocycles. The Morgan fingerprint density at radius 3 is 2.75 bits per heavy atom. The quantitative estimate of drug-likeness (QED) is 0.813. The molecule has 130 valence electrons. The van der Waals surface area contributed by atoms with E-state index in [9.17, 15) is 13.2 Å². The molecular weight excluding hydrogens is 330 g/mol. The van der Waals surface area contributed by atoms with E-state index in [1.165, 1.54) is 10.5 Å². The number of aromatic nitrogens is 2. The third kappa shape index (κ3) is 3.14. The highest BCUT2D eigenvalue weighted by Gasteiger charge is 2.31. The van der Waals surface area contributed by atoms with Crippen LogP contribution in [-0.4, -0.2) is 65.7 Å². The van der Waals surface area contributed by atoms with Crippen molar-refractivity contribution in [1.82, 2.24) is 19.2 Å². The summed E-state index contributed by atoms with van der Waals surface area (Å²) in [5.41, 5.74) is 6.19. The van der Waals surface area contributed by atoms with E-state index in [4.69, 9.17) is 5.73 Å². The zero-order valence-electron chi connectivity index (χ0n) is 13.5. The summed E-state index contributed by atoms with van der Waals surface area (Å²) >= 11 is 0. The zero-order chi connectivity index (χ0) is 17.3. The highest BCUT2D eigenvalue weighted by Crippen LogP contribution is 2.25. The predicted molar refractivity (Wildman–Crippen MR) is 89.7 cm³/mol. The standard InChI is InChI=1S/C15H21N5O3S/c1-11(16)9-14(21)19-5-7-20(8-6-19)24(22,23)13-10-18-15-12(13)3-2-4-17-15/h2-4,10-11H,5-9,16H2,1H3,(H,17,18). The maximum Gasteiger partial charge on any atom is 0.245 e. The minimum atomic E-state index is -3.62. The Bertz CT molecular complexity index is 838. The molecule has 2 aromatic heterocycles. The lowest BCUT2D eigenvalue weighted by atomic mass is 10.2. The Morgan fingerprint density at radius 2 is 2.08 bits per heavy atom. The van der Waals surface area contributed by atoms with Gasteiger partial charge in [0.25, 0.3) is 0 Å². The Morgan fingerprint density at radius 1 is 1.38 bits per heavy atom. The van der Waals surface area contributed by atoms with Gasteiger partial charge in [0.05, 0.1) is 0 Å². The summed E-state index contributed by atoms with van der Waals surface area (Å²) in [5.74, 6) is -0.0293. The predicted octanol–water partition coefficient (Wildman–Crippen LogP) is 0.133. The van der Waals surface area contributed by atoms with Gasteiger partial charge < -0.3 is 15.6 Å². The Hall–Kier alpha value is -1.97. The van der Waals surface area contributed by atoms with E-state index in [0.29, 0.717) is 24.1 Å². The minimum absolute atomic E-state index is 0.0293. The van der Waals surface area contributed by atoms with Gasteiger partial charge in [0, 0.05) is 56.4 Å². The molecule has 3 rings (SSSR count). The van der Waals surface area contributed by atoms with E-state index in [0.717, 1.165) is 0 Å². The number of nitrogens with two attached hydrogens (primary N) is 1. The second-order valence-electron chi connectivity index (χ2n) is 6.02. The first kappa shape index (κ1) is 16.9. The number of hydrogen-bond donors (Lipinski definition) is 2. The lowest BCUT2D eigenvalue weighted by Crippen LogP contribution is -2.51. The Labute approximate surface area is 140 Å². The number of nitrogens with zero attached hydrogens (tertiary/aromatic N) is 3. The van der Waals surface area contributed by atoms with Gasteiger partial charge >= 0.3 is 0 Å². The number of hydrogen-bond acceptors (Lipinski definition) is 5. The Kier molecular flexibility index (Phi) is 4.57. The molecule has 1 fully saturated rings. The molecule has 1 atom stereocenters. The van der Waals surface area contributed by atoms with E-state index in [2.05, 4.69) is 9.97 Å². The summed E-state index contributed by atoms with van der Waals surface area (Å²) in [7, 11) is -3.62. The van der Waals surface area contributed by atoms with Crippen molar-refractivity contribution in [1.29, 1.82) is 0 Å². The molecule has 1 unspecified atom stereocenters. The fourth-order valence-electron chi connectivity index (χ4n) is 2.87. The summed E-state index contributed by atoms with van der Waals surface area (Å²) in [5, 5.41) is 0.577. The minimum Gasteiger partial charge on any atom is -0.345 e. The first-order valence-electron chi connectivity index (χ1n) is 7.85. The molecule has 0 radical (unpaired) electrons. The van der Waals surface area contributed by atoms with Gasteiger partial charge in [-0.25, -0.2) is 13.4 Å². The summed E-state index contributed by atoms with van der Waals surface area (Å²) in [4.78, 5) is 20.9. The van der Waals surface area contributed by atoms with Crippen molar-refractivity contribution in [3.05, 3.63) is 24.5 Å². The highest BCUT2D eigenvalue weighted by molar-refractivity contribution is 7.89. The van der Waals surface area contributed by atoms with Crippen molar-refractivity contribution >= 4 is 27.0 Å². The fourth-order valence-corrected chi connectivity index (χ4v) is 4.44. The molecule has 1 aliphatic heterocycles. The highest BCUT2D eigenvalue weighted by atomic mass is 32.2. The SMILES string of the molecule is CC(N)CC(=O)N1CCN(S(=O)(=O)c2c[nH]c3ncccc23)CC1. The van der Waals surface area contributed by atoms with E-state index in [1.54, 1.807) is 30.2 Å². The number of nitrogens with one attached hydrogen (secondary N) is 1. The van der Waals surface area contributed by atoms with Crippen molar-refractivity contribution in [2.24, 2.45) is 5.73 Å². The number of amides is 1. The van der Waals surface area contributed by atoms with Crippen molar-refractivity contribution < 1.29 is 13.2 Å². The van der Waals surface area contributed by atoms with Crippen molar-refractivity contribution in [2.75, 3.05) is 26.2 Å². The number of fused-ring (bicyclic) bond motifs is 1. The Balaban J connectivity index is 1.75. The van der Waals surface area contributed by atoms with Gasteiger partial charge in [0.15, 0.2) is 0 Å². The molecule has 0 bridgehead atoms. The van der Waals surface area contributed by atoms with Crippen LogP contribution in [0.3, 0.4) is 0 Å². The van der Waals surface area contributed by atoms with E-state index in [-0.39, 0.29) is 36.4 Å². The molecule has 9 heteroatoms. The molecule has 8 nitrogen and oxygen atoms in total. The summed E-state index contributed by atoms with van der Waals surface area (Å²) < 4.78 is 27.2. The molecule has 3 heterocycles. The van der Waals surface area contributed by atoms with Gasteiger partial charge in [-0.15, -0.1) is 0 Å². The normalized spacial score (nSPS) is 18.0. The monoisotopic (exact) mass is 351 g/mol. The van der Waals surface area contributed by atoms with Gasteiger partial charge in [0.2, 0.25) is 15.9 Å². The molecular formula is C15H21N5O3S. The molecule has 1 saturated heterocycles. The summed E-state index contributed by atoms with van der Waals surface area (Å²) in [6.45, 7) is 3.10. The smallest absolute Gasteiger partial charge is 0.245 e. The van der Waals surface area contributed by atoms with Gasteiger partial charge in [-0.2, -0.15) is 4.31 Å². The molecule has 1 aliphatic rings. The lowest BCUT2D eigenvalue weighted by molar-refractivity contribution is -0.132. The second-order valence-corrected chi connectivity index (χ2v) is 7.93. The van der Waals surface area contributed by atoms with Crippen LogP contribution in [0.4, 0.5) is 0 Å².